The van der Waals surface area contributed by atoms with Gasteiger partial charge >= 0.3 is 0 Å². The molecular weight excluding hydrogens is 256 g/mol. The summed E-state index contributed by atoms with van der Waals surface area (Å²) in [5, 5.41) is 12.4. The van der Waals surface area contributed by atoms with Crippen LogP contribution in [0.1, 0.15) is 18.5 Å². The molecule has 0 saturated heterocycles. The third kappa shape index (κ3) is 2.49. The van der Waals surface area contributed by atoms with Crippen molar-refractivity contribution in [3.63, 3.8) is 0 Å². The fraction of sp³-hybridized carbons (Fsp3) is 0.545. The van der Waals surface area contributed by atoms with Crippen LogP contribution in [-0.4, -0.2) is 23.2 Å². The van der Waals surface area contributed by atoms with Gasteiger partial charge in [0.2, 0.25) is 0 Å². The number of pyridine rings is 1. The van der Waals surface area contributed by atoms with Crippen LogP contribution in [-0.2, 0) is 0 Å². The number of aryl methyl sites for hydroxylation is 1. The number of hydrogen-bond donors (Lipinski definition) is 2. The second-order valence-corrected chi connectivity index (χ2v) is 5.13. The molecule has 0 unspecified atom stereocenters. The largest absolute Gasteiger partial charge is 0.396 e. The molecule has 1 saturated carbocycles. The summed E-state index contributed by atoms with van der Waals surface area (Å²) in [4.78, 5) is 4.40. The lowest BCUT2D eigenvalue weighted by Crippen LogP contribution is -2.19. The first-order chi connectivity index (χ1) is 7.15. The van der Waals surface area contributed by atoms with Crippen LogP contribution in [0.15, 0.2) is 16.6 Å². The summed E-state index contributed by atoms with van der Waals surface area (Å²) in [5.41, 5.74) is 1.11. The Balaban J connectivity index is 1.96. The van der Waals surface area contributed by atoms with Gasteiger partial charge in [0, 0.05) is 16.4 Å². The monoisotopic (exact) mass is 270 g/mol. The number of rotatable bonds is 4. The van der Waals surface area contributed by atoms with Crippen molar-refractivity contribution in [2.24, 2.45) is 5.41 Å². The standard InChI is InChI=1S/C11H15BrN2O/c1-8-9(12)2-3-10(14-8)13-6-11(7-15)4-5-11/h2-3,15H,4-7H2,1H3,(H,13,14). The highest BCUT2D eigenvalue weighted by atomic mass is 79.9. The predicted molar refractivity (Wildman–Crippen MR) is 63.9 cm³/mol. The molecule has 2 rings (SSSR count). The second-order valence-electron chi connectivity index (χ2n) is 4.28. The van der Waals surface area contributed by atoms with E-state index < -0.39 is 0 Å². The third-order valence-corrected chi connectivity index (χ3v) is 3.80. The number of anilines is 1. The van der Waals surface area contributed by atoms with Gasteiger partial charge in [-0.05, 0) is 47.8 Å². The molecule has 1 aromatic heterocycles. The van der Waals surface area contributed by atoms with Gasteiger partial charge in [0.05, 0.1) is 12.3 Å². The van der Waals surface area contributed by atoms with Crippen LogP contribution >= 0.6 is 15.9 Å². The maximum absolute atomic E-state index is 9.17. The Labute approximate surface area is 98.0 Å². The van der Waals surface area contributed by atoms with Crippen molar-refractivity contribution in [2.45, 2.75) is 19.8 Å². The van der Waals surface area contributed by atoms with Crippen molar-refractivity contribution in [1.82, 2.24) is 4.98 Å². The fourth-order valence-corrected chi connectivity index (χ4v) is 1.71. The molecule has 1 heterocycles. The molecule has 0 spiro atoms. The summed E-state index contributed by atoms with van der Waals surface area (Å²) >= 11 is 3.42. The highest BCUT2D eigenvalue weighted by Gasteiger charge is 2.41. The molecule has 82 valence electrons. The topological polar surface area (TPSA) is 45.2 Å². The number of nitrogens with one attached hydrogen (secondary N) is 1. The van der Waals surface area contributed by atoms with Gasteiger partial charge in [-0.2, -0.15) is 0 Å². The zero-order valence-corrected chi connectivity index (χ0v) is 10.3. The number of nitrogens with zero attached hydrogens (tertiary/aromatic N) is 1. The summed E-state index contributed by atoms with van der Waals surface area (Å²) in [5.74, 6) is 0.885. The summed E-state index contributed by atoms with van der Waals surface area (Å²) in [6.07, 6.45) is 2.23. The lowest BCUT2D eigenvalue weighted by Gasteiger charge is -2.13. The highest BCUT2D eigenvalue weighted by molar-refractivity contribution is 9.10. The average molecular weight is 271 g/mol. The number of hydrogen-bond acceptors (Lipinski definition) is 3. The third-order valence-electron chi connectivity index (χ3n) is 2.96. The average Bonchev–Trinajstić information content (AvgIpc) is 3.01. The van der Waals surface area contributed by atoms with E-state index in [2.05, 4.69) is 26.2 Å². The smallest absolute Gasteiger partial charge is 0.126 e. The van der Waals surface area contributed by atoms with E-state index in [-0.39, 0.29) is 12.0 Å². The first-order valence-electron chi connectivity index (χ1n) is 5.13. The Kier molecular flexibility index (Phi) is 2.98. The zero-order chi connectivity index (χ0) is 10.9. The molecule has 0 aliphatic heterocycles. The van der Waals surface area contributed by atoms with Crippen molar-refractivity contribution in [2.75, 3.05) is 18.5 Å². The van der Waals surface area contributed by atoms with Crippen LogP contribution in [0.25, 0.3) is 0 Å². The molecular formula is C11H15BrN2O. The van der Waals surface area contributed by atoms with Crippen LogP contribution in [0.3, 0.4) is 0 Å². The lowest BCUT2D eigenvalue weighted by molar-refractivity contribution is 0.219. The SMILES string of the molecule is Cc1nc(NCC2(CO)CC2)ccc1Br. The first-order valence-corrected chi connectivity index (χ1v) is 5.92. The minimum Gasteiger partial charge on any atom is -0.396 e. The molecule has 0 aromatic carbocycles. The molecule has 2 N–H and O–H groups in total. The van der Waals surface area contributed by atoms with Crippen LogP contribution in [0.5, 0.6) is 0 Å². The van der Waals surface area contributed by atoms with Crippen molar-refractivity contribution in [3.05, 3.63) is 22.3 Å². The van der Waals surface area contributed by atoms with E-state index in [1.807, 2.05) is 19.1 Å². The van der Waals surface area contributed by atoms with Gasteiger partial charge in [0.1, 0.15) is 5.82 Å². The van der Waals surface area contributed by atoms with E-state index in [9.17, 15) is 0 Å². The normalized spacial score (nSPS) is 17.5. The molecule has 15 heavy (non-hydrogen) atoms. The zero-order valence-electron chi connectivity index (χ0n) is 8.76. The molecule has 0 amide bonds. The maximum Gasteiger partial charge on any atom is 0.126 e. The van der Waals surface area contributed by atoms with E-state index in [1.165, 1.54) is 0 Å². The predicted octanol–water partition coefficient (Wildman–Crippen LogP) is 2.34. The summed E-state index contributed by atoms with van der Waals surface area (Å²) < 4.78 is 1.02. The van der Waals surface area contributed by atoms with Gasteiger partial charge in [-0.3, -0.25) is 0 Å². The van der Waals surface area contributed by atoms with Gasteiger partial charge in [0.25, 0.3) is 0 Å². The Morgan fingerprint density at radius 3 is 2.80 bits per heavy atom. The second kappa shape index (κ2) is 4.10. The van der Waals surface area contributed by atoms with E-state index >= 15 is 0 Å². The molecule has 4 heteroatoms. The van der Waals surface area contributed by atoms with Gasteiger partial charge in [-0.1, -0.05) is 0 Å². The molecule has 1 aliphatic carbocycles. The summed E-state index contributed by atoms with van der Waals surface area (Å²) in [6.45, 7) is 3.06. The van der Waals surface area contributed by atoms with E-state index in [1.54, 1.807) is 0 Å². The minimum absolute atomic E-state index is 0.128. The van der Waals surface area contributed by atoms with Gasteiger partial charge < -0.3 is 10.4 Å². The molecule has 1 fully saturated rings. The number of aliphatic hydroxyl groups excluding tert-OH is 1. The molecule has 0 bridgehead atoms. The summed E-state index contributed by atoms with van der Waals surface area (Å²) in [7, 11) is 0. The van der Waals surface area contributed by atoms with E-state index in [0.29, 0.717) is 0 Å². The van der Waals surface area contributed by atoms with Crippen molar-refractivity contribution >= 4 is 21.7 Å². The van der Waals surface area contributed by atoms with Gasteiger partial charge in [0.15, 0.2) is 0 Å². The fourth-order valence-electron chi connectivity index (χ4n) is 1.49. The highest BCUT2D eigenvalue weighted by Crippen LogP contribution is 2.44. The summed E-state index contributed by atoms with van der Waals surface area (Å²) in [6, 6.07) is 3.94. The van der Waals surface area contributed by atoms with E-state index in [4.69, 9.17) is 5.11 Å². The van der Waals surface area contributed by atoms with Crippen LogP contribution in [0.2, 0.25) is 0 Å². The quantitative estimate of drug-likeness (QED) is 0.883. The molecule has 0 atom stereocenters. The Morgan fingerprint density at radius 2 is 2.27 bits per heavy atom. The van der Waals surface area contributed by atoms with E-state index in [0.717, 1.165) is 35.4 Å². The number of aliphatic hydroxyl groups is 1. The maximum atomic E-state index is 9.17. The number of halogens is 1. The van der Waals surface area contributed by atoms with Crippen LogP contribution < -0.4 is 5.32 Å². The molecule has 0 radical (unpaired) electrons. The minimum atomic E-state index is 0.128. The van der Waals surface area contributed by atoms with Crippen molar-refractivity contribution < 1.29 is 5.11 Å². The molecule has 3 nitrogen and oxygen atoms in total. The van der Waals surface area contributed by atoms with Crippen LogP contribution in [0.4, 0.5) is 5.82 Å². The lowest BCUT2D eigenvalue weighted by atomic mass is 10.1. The van der Waals surface area contributed by atoms with Gasteiger partial charge in [-0.25, -0.2) is 4.98 Å². The van der Waals surface area contributed by atoms with Gasteiger partial charge in [-0.15, -0.1) is 0 Å². The molecule has 1 aromatic rings. The number of aromatic nitrogens is 1. The Morgan fingerprint density at radius 1 is 1.53 bits per heavy atom. The first kappa shape index (κ1) is 10.9. The van der Waals surface area contributed by atoms with Crippen LogP contribution in [0, 0.1) is 12.3 Å². The Hall–Kier alpha value is -0.610. The molecule has 1 aliphatic rings. The van der Waals surface area contributed by atoms with Crippen molar-refractivity contribution in [1.29, 1.82) is 0 Å². The van der Waals surface area contributed by atoms with Crippen molar-refractivity contribution in [3.8, 4) is 0 Å². The Bertz CT molecular complexity index is 364.